The van der Waals surface area contributed by atoms with Gasteiger partial charge in [-0.3, -0.25) is 14.5 Å². The number of imide groups is 1. The van der Waals surface area contributed by atoms with Gasteiger partial charge in [0.15, 0.2) is 0 Å². The number of hydrogen-bond acceptors (Lipinski definition) is 5. The van der Waals surface area contributed by atoms with Crippen molar-refractivity contribution in [3.8, 4) is 12.1 Å². The fraction of sp³-hybridized carbons (Fsp3) is 0.421. The zero-order valence-corrected chi connectivity index (χ0v) is 14.9. The number of nitrogens with zero attached hydrogens (tertiary/aromatic N) is 3. The predicted molar refractivity (Wildman–Crippen MR) is 93.7 cm³/mol. The van der Waals surface area contributed by atoms with Crippen molar-refractivity contribution in [1.29, 1.82) is 10.5 Å². The molecule has 8 nitrogen and oxygen atoms in total. The second-order valence-electron chi connectivity index (χ2n) is 7.09. The molecule has 1 aliphatic carbocycles. The van der Waals surface area contributed by atoms with Gasteiger partial charge in [-0.1, -0.05) is 12.1 Å². The van der Waals surface area contributed by atoms with Gasteiger partial charge in [0.05, 0.1) is 17.7 Å². The highest BCUT2D eigenvalue weighted by Gasteiger charge is 2.50. The van der Waals surface area contributed by atoms with E-state index in [1.54, 1.807) is 18.2 Å². The van der Waals surface area contributed by atoms with E-state index in [2.05, 4.69) is 16.7 Å². The van der Waals surface area contributed by atoms with Gasteiger partial charge in [-0.25, -0.2) is 4.79 Å². The largest absolute Gasteiger partial charge is 0.336 e. The molecule has 3 rings (SSSR count). The highest BCUT2D eigenvalue weighted by molar-refractivity contribution is 6.09. The van der Waals surface area contributed by atoms with Crippen LogP contribution < -0.4 is 10.6 Å². The summed E-state index contributed by atoms with van der Waals surface area (Å²) in [7, 11) is 0. The van der Waals surface area contributed by atoms with Crippen LogP contribution >= 0.6 is 0 Å². The van der Waals surface area contributed by atoms with Crippen LogP contribution in [0.4, 0.5) is 4.79 Å². The first kappa shape index (κ1) is 18.4. The zero-order chi connectivity index (χ0) is 19.7. The number of hydrogen-bond donors (Lipinski definition) is 2. The maximum Gasteiger partial charge on any atom is 0.325 e. The Labute approximate surface area is 156 Å². The predicted octanol–water partition coefficient (Wildman–Crippen LogP) is 1.28. The summed E-state index contributed by atoms with van der Waals surface area (Å²) >= 11 is 0. The Morgan fingerprint density at radius 2 is 2.00 bits per heavy atom. The standard InChI is InChI=1S/C19H19N5O3/c1-18(14-6-4-5-13(9-14)10-20)16(26)24(17(27)23-18)11-15(25)22-19(12-21)7-2-3-8-19/h4-6,9H,2-3,7-8,11H2,1H3,(H,22,25)(H,23,27)/t18-/m0/s1. The first-order valence-corrected chi connectivity index (χ1v) is 8.71. The summed E-state index contributed by atoms with van der Waals surface area (Å²) in [6.45, 7) is 1.08. The molecule has 1 aromatic carbocycles. The van der Waals surface area contributed by atoms with Gasteiger partial charge in [0.25, 0.3) is 5.91 Å². The van der Waals surface area contributed by atoms with Crippen molar-refractivity contribution in [3.63, 3.8) is 0 Å². The molecule has 8 heteroatoms. The van der Waals surface area contributed by atoms with E-state index in [1.807, 2.05) is 6.07 Å². The fourth-order valence-electron chi connectivity index (χ4n) is 3.63. The van der Waals surface area contributed by atoms with Gasteiger partial charge >= 0.3 is 6.03 Å². The van der Waals surface area contributed by atoms with Crippen LogP contribution in [0, 0.1) is 22.7 Å². The van der Waals surface area contributed by atoms with E-state index in [-0.39, 0.29) is 0 Å². The maximum atomic E-state index is 12.9. The number of nitrogens with one attached hydrogen (secondary N) is 2. The number of benzene rings is 1. The van der Waals surface area contributed by atoms with Gasteiger partial charge in [-0.05, 0) is 50.3 Å². The van der Waals surface area contributed by atoms with Crippen LogP contribution in [0.2, 0.25) is 0 Å². The van der Waals surface area contributed by atoms with Crippen molar-refractivity contribution in [2.45, 2.75) is 43.7 Å². The lowest BCUT2D eigenvalue weighted by Gasteiger charge is -2.24. The number of carbonyl (C=O) groups excluding carboxylic acids is 3. The third kappa shape index (κ3) is 3.22. The molecule has 0 aromatic heterocycles. The molecule has 1 aliphatic heterocycles. The molecule has 0 bridgehead atoms. The normalized spacial score (nSPS) is 23.4. The van der Waals surface area contributed by atoms with Crippen molar-refractivity contribution < 1.29 is 14.4 Å². The smallest absolute Gasteiger partial charge is 0.325 e. The highest BCUT2D eigenvalue weighted by Crippen LogP contribution is 2.30. The van der Waals surface area contributed by atoms with E-state index in [1.165, 1.54) is 13.0 Å². The fourth-order valence-corrected chi connectivity index (χ4v) is 3.63. The lowest BCUT2D eigenvalue weighted by atomic mass is 9.91. The Hall–Kier alpha value is -3.39. The highest BCUT2D eigenvalue weighted by atomic mass is 16.2. The number of nitriles is 2. The summed E-state index contributed by atoms with van der Waals surface area (Å²) in [4.78, 5) is 38.4. The van der Waals surface area contributed by atoms with Crippen LogP contribution in [0.25, 0.3) is 0 Å². The topological polar surface area (TPSA) is 126 Å². The first-order chi connectivity index (χ1) is 12.8. The van der Waals surface area contributed by atoms with Crippen molar-refractivity contribution >= 4 is 17.8 Å². The van der Waals surface area contributed by atoms with Crippen LogP contribution in [-0.4, -0.2) is 34.8 Å². The maximum absolute atomic E-state index is 12.9. The van der Waals surface area contributed by atoms with Gasteiger partial charge < -0.3 is 10.6 Å². The minimum absolute atomic E-state index is 0.365. The zero-order valence-electron chi connectivity index (χ0n) is 14.9. The second kappa shape index (κ2) is 6.73. The second-order valence-corrected chi connectivity index (χ2v) is 7.09. The van der Waals surface area contributed by atoms with Crippen LogP contribution in [0.15, 0.2) is 24.3 Å². The van der Waals surface area contributed by atoms with E-state index in [0.717, 1.165) is 17.7 Å². The van der Waals surface area contributed by atoms with Gasteiger partial charge in [-0.15, -0.1) is 0 Å². The molecule has 1 heterocycles. The SMILES string of the molecule is C[C@@]1(c2cccc(C#N)c2)NC(=O)N(CC(=O)NC2(C#N)CCCC2)C1=O. The Morgan fingerprint density at radius 1 is 1.30 bits per heavy atom. The summed E-state index contributed by atoms with van der Waals surface area (Å²) in [5.74, 6) is -1.12. The molecule has 2 aliphatic rings. The van der Waals surface area contributed by atoms with Crippen molar-refractivity contribution in [3.05, 3.63) is 35.4 Å². The average molecular weight is 365 g/mol. The Balaban J connectivity index is 1.77. The summed E-state index contributed by atoms with van der Waals surface area (Å²) < 4.78 is 0. The van der Waals surface area contributed by atoms with E-state index < -0.39 is 35.5 Å². The molecule has 1 aromatic rings. The van der Waals surface area contributed by atoms with Crippen molar-refractivity contribution in [1.82, 2.24) is 15.5 Å². The van der Waals surface area contributed by atoms with Gasteiger partial charge in [-0.2, -0.15) is 10.5 Å². The van der Waals surface area contributed by atoms with Gasteiger partial charge in [0.2, 0.25) is 5.91 Å². The van der Waals surface area contributed by atoms with Crippen LogP contribution in [-0.2, 0) is 15.1 Å². The molecule has 0 unspecified atom stereocenters. The Bertz CT molecular complexity index is 891. The molecule has 0 radical (unpaired) electrons. The molecule has 2 fully saturated rings. The van der Waals surface area contributed by atoms with Crippen molar-refractivity contribution in [2.75, 3.05) is 6.54 Å². The minimum atomic E-state index is -1.36. The van der Waals surface area contributed by atoms with Crippen molar-refractivity contribution in [2.24, 2.45) is 0 Å². The molecule has 0 spiro atoms. The molecular formula is C19H19N5O3. The minimum Gasteiger partial charge on any atom is -0.336 e. The van der Waals surface area contributed by atoms with Gasteiger partial charge in [0.1, 0.15) is 17.6 Å². The molecule has 1 saturated carbocycles. The molecule has 27 heavy (non-hydrogen) atoms. The number of rotatable bonds is 4. The summed E-state index contributed by atoms with van der Waals surface area (Å²) in [6.07, 6.45) is 2.83. The lowest BCUT2D eigenvalue weighted by molar-refractivity contribution is -0.135. The third-order valence-electron chi connectivity index (χ3n) is 5.20. The van der Waals surface area contributed by atoms with E-state index in [4.69, 9.17) is 5.26 Å². The Morgan fingerprint density at radius 3 is 2.63 bits per heavy atom. The number of carbonyl (C=O) groups is 3. The van der Waals surface area contributed by atoms with E-state index in [0.29, 0.717) is 24.0 Å². The quantitative estimate of drug-likeness (QED) is 0.777. The van der Waals surface area contributed by atoms with E-state index >= 15 is 0 Å². The van der Waals surface area contributed by atoms with Crippen LogP contribution in [0.5, 0.6) is 0 Å². The number of urea groups is 1. The molecule has 1 saturated heterocycles. The summed E-state index contributed by atoms with van der Waals surface area (Å²) in [5.41, 5.74) is -1.44. The molecular weight excluding hydrogens is 346 g/mol. The van der Waals surface area contributed by atoms with Crippen LogP contribution in [0.1, 0.15) is 43.7 Å². The average Bonchev–Trinajstić information content (AvgIpc) is 3.21. The first-order valence-electron chi connectivity index (χ1n) is 8.71. The third-order valence-corrected chi connectivity index (χ3v) is 5.20. The molecule has 4 amide bonds. The molecule has 138 valence electrons. The molecule has 2 N–H and O–H groups in total. The Kier molecular flexibility index (Phi) is 4.59. The number of amides is 4. The van der Waals surface area contributed by atoms with Crippen LogP contribution in [0.3, 0.4) is 0 Å². The summed E-state index contributed by atoms with van der Waals surface area (Å²) in [5, 5.41) is 23.7. The monoisotopic (exact) mass is 365 g/mol. The lowest BCUT2D eigenvalue weighted by Crippen LogP contribution is -2.50. The van der Waals surface area contributed by atoms with E-state index in [9.17, 15) is 19.6 Å². The molecule has 1 atom stereocenters. The summed E-state index contributed by atoms with van der Waals surface area (Å²) in [6, 6.07) is 9.86. The van der Waals surface area contributed by atoms with Gasteiger partial charge in [0, 0.05) is 0 Å².